The topological polar surface area (TPSA) is 262 Å². The number of carbonyl (C=O) groups is 7. The lowest BCUT2D eigenvalue weighted by atomic mass is 10.1. The number of unbranched alkanes of at least 4 members (excludes halogenated alkanes) is 3. The molecule has 0 aliphatic carbocycles. The molecular formula is C65H76N11O13PS. The van der Waals surface area contributed by atoms with E-state index in [1.807, 2.05) is 65.1 Å². The number of esters is 1. The van der Waals surface area contributed by atoms with Crippen LogP contribution in [-0.2, 0) is 45.6 Å². The largest absolute Gasteiger partial charge is 0.466 e. The zero-order valence-electron chi connectivity index (χ0n) is 52.8. The summed E-state index contributed by atoms with van der Waals surface area (Å²) >= 11 is 1.31. The number of nitriles is 1. The summed E-state index contributed by atoms with van der Waals surface area (Å²) in [7, 11) is 0.501. The van der Waals surface area contributed by atoms with E-state index < -0.39 is 38.6 Å². The van der Waals surface area contributed by atoms with E-state index in [1.54, 1.807) is 85.2 Å². The zero-order valence-corrected chi connectivity index (χ0v) is 54.5. The Labute approximate surface area is 533 Å². The summed E-state index contributed by atoms with van der Waals surface area (Å²) in [6.45, 7) is 16.4. The first-order valence-electron chi connectivity index (χ1n) is 30.7. The molecule has 0 saturated heterocycles. The van der Waals surface area contributed by atoms with Crippen molar-refractivity contribution in [3.63, 3.8) is 0 Å². The van der Waals surface area contributed by atoms with Gasteiger partial charge in [-0.25, -0.2) is 38.1 Å². The van der Waals surface area contributed by atoms with Crippen molar-refractivity contribution in [1.82, 2.24) is 23.7 Å². The molecule has 24 nitrogen and oxygen atoms in total. The van der Waals surface area contributed by atoms with Crippen molar-refractivity contribution < 1.29 is 61.6 Å². The number of benzene rings is 4. The van der Waals surface area contributed by atoms with E-state index >= 15 is 4.79 Å². The maximum atomic E-state index is 15.1. The van der Waals surface area contributed by atoms with Crippen molar-refractivity contribution in [3.8, 4) is 6.07 Å². The lowest BCUT2D eigenvalue weighted by Gasteiger charge is -2.35. The van der Waals surface area contributed by atoms with Gasteiger partial charge in [-0.1, -0.05) is 24.2 Å². The lowest BCUT2D eigenvalue weighted by molar-refractivity contribution is -0.141. The quantitative estimate of drug-likeness (QED) is 0.0160. The first-order valence-corrected chi connectivity index (χ1v) is 32.6. The molecule has 0 spiro atoms. The molecule has 0 saturated carbocycles. The Morgan fingerprint density at radius 3 is 1.88 bits per heavy atom. The van der Waals surface area contributed by atoms with Crippen LogP contribution in [0.3, 0.4) is 0 Å². The Morgan fingerprint density at radius 2 is 1.27 bits per heavy atom. The predicted octanol–water partition coefficient (Wildman–Crippen LogP) is 13.5. The van der Waals surface area contributed by atoms with Gasteiger partial charge in [0.2, 0.25) is 5.13 Å². The summed E-state index contributed by atoms with van der Waals surface area (Å²) < 4.78 is 38.7. The second-order valence-corrected chi connectivity index (χ2v) is 24.6. The van der Waals surface area contributed by atoms with E-state index in [4.69, 9.17) is 28.0 Å². The number of rotatable bonds is 26. The van der Waals surface area contributed by atoms with Crippen molar-refractivity contribution in [2.45, 2.75) is 112 Å². The first kappa shape index (κ1) is 66.8. The van der Waals surface area contributed by atoms with Crippen LogP contribution in [-0.4, -0.2) is 151 Å². The Balaban J connectivity index is 0.923. The predicted molar refractivity (Wildman–Crippen MR) is 347 cm³/mol. The fourth-order valence-electron chi connectivity index (χ4n) is 11.5. The lowest BCUT2D eigenvalue weighted by Crippen LogP contribution is -2.39. The number of ether oxygens (including phenoxy) is 4. The van der Waals surface area contributed by atoms with Crippen molar-refractivity contribution in [3.05, 3.63) is 107 Å². The summed E-state index contributed by atoms with van der Waals surface area (Å²) in [6.07, 6.45) is 1.39. The summed E-state index contributed by atoms with van der Waals surface area (Å²) in [4.78, 5) is 108. The van der Waals surface area contributed by atoms with Gasteiger partial charge in [-0.2, -0.15) is 5.26 Å². The van der Waals surface area contributed by atoms with Gasteiger partial charge in [0, 0.05) is 85.6 Å². The van der Waals surface area contributed by atoms with Gasteiger partial charge in [-0.15, -0.1) is 10.2 Å². The fourth-order valence-corrected chi connectivity index (χ4v) is 13.9. The number of thiazole rings is 1. The van der Waals surface area contributed by atoms with E-state index in [2.05, 4.69) is 24.8 Å². The average Bonchev–Trinajstić information content (AvgIpc) is 1.67. The number of aromatic nitrogens is 3. The molecule has 2 aliphatic rings. The van der Waals surface area contributed by atoms with Crippen molar-refractivity contribution >= 4 is 122 Å². The van der Waals surface area contributed by atoms with E-state index in [-0.39, 0.29) is 74.9 Å². The molecule has 2 aliphatic heterocycles. The zero-order chi connectivity index (χ0) is 65.0. The van der Waals surface area contributed by atoms with Gasteiger partial charge in [0.1, 0.15) is 18.0 Å². The second-order valence-electron chi connectivity index (χ2n) is 22.2. The van der Waals surface area contributed by atoms with Crippen LogP contribution in [0.2, 0.25) is 0 Å². The van der Waals surface area contributed by atoms with Gasteiger partial charge in [-0.3, -0.25) is 19.2 Å². The van der Waals surface area contributed by atoms with E-state index in [0.29, 0.717) is 132 Å². The molecule has 3 aromatic heterocycles. The molecule has 4 amide bonds. The molecule has 91 heavy (non-hydrogen) atoms. The third kappa shape index (κ3) is 14.9. The summed E-state index contributed by atoms with van der Waals surface area (Å²) in [5.41, 5.74) is 5.93. The smallest absolute Gasteiger partial charge is 0.419 e. The number of fused-ring (bicyclic) bond motifs is 7. The Bertz CT molecular complexity index is 3920. The molecule has 5 heterocycles. The first-order chi connectivity index (χ1) is 43.9. The van der Waals surface area contributed by atoms with Crippen LogP contribution < -0.4 is 14.7 Å². The number of amides is 4. The molecule has 0 N–H and O–H groups in total. The highest BCUT2D eigenvalue weighted by molar-refractivity contribution is 7.44. The van der Waals surface area contributed by atoms with Gasteiger partial charge in [0.05, 0.1) is 66.0 Å². The molecule has 26 heteroatoms. The van der Waals surface area contributed by atoms with Crippen LogP contribution in [0.1, 0.15) is 130 Å². The van der Waals surface area contributed by atoms with E-state index in [9.17, 15) is 34.0 Å². The molecule has 9 rings (SSSR count). The van der Waals surface area contributed by atoms with Gasteiger partial charge in [0.15, 0.2) is 0 Å². The van der Waals surface area contributed by atoms with Crippen LogP contribution in [0.4, 0.5) is 42.3 Å². The van der Waals surface area contributed by atoms with Crippen LogP contribution >= 0.6 is 19.9 Å². The van der Waals surface area contributed by atoms with Gasteiger partial charge < -0.3 is 42.7 Å². The summed E-state index contributed by atoms with van der Waals surface area (Å²) in [6, 6.07) is 25.2. The Hall–Kier alpha value is -8.66. The van der Waals surface area contributed by atoms with Crippen molar-refractivity contribution in [2.24, 2.45) is 10.2 Å². The molecule has 0 radical (unpaired) electrons. The third-order valence-electron chi connectivity index (χ3n) is 15.5. The van der Waals surface area contributed by atoms with Crippen LogP contribution in [0.5, 0.6) is 0 Å². The van der Waals surface area contributed by atoms with E-state index in [0.717, 1.165) is 25.4 Å². The third-order valence-corrected chi connectivity index (χ3v) is 18.5. The Morgan fingerprint density at radius 1 is 0.670 bits per heavy atom. The number of carbonyl (C=O) groups excluding carboxylic acids is 7. The minimum Gasteiger partial charge on any atom is -0.466 e. The van der Waals surface area contributed by atoms with Crippen molar-refractivity contribution in [1.29, 1.82) is 5.26 Å². The van der Waals surface area contributed by atoms with Gasteiger partial charge in [0.25, 0.3) is 26.2 Å². The maximum Gasteiger partial charge on any atom is 0.419 e. The minimum absolute atomic E-state index is 0.000211. The number of hydrogen-bond acceptors (Lipinski definition) is 20. The van der Waals surface area contributed by atoms with Crippen LogP contribution in [0, 0.1) is 11.3 Å². The minimum atomic E-state index is -1.46. The fraction of sp³-hybridized carbons (Fsp3) is 0.431. The van der Waals surface area contributed by atoms with Crippen LogP contribution in [0.25, 0.3) is 32.0 Å². The summed E-state index contributed by atoms with van der Waals surface area (Å²) in [5.74, 6) is -1.82. The molecule has 0 fully saturated rings. The molecule has 1 atom stereocenters. The Kier molecular flexibility index (Phi) is 22.3. The molecule has 0 bridgehead atoms. The number of hydrogen-bond donors (Lipinski definition) is 0. The number of azo groups is 1. The average molecular weight is 1280 g/mol. The maximum absolute atomic E-state index is 15.1. The molecule has 1 unspecified atom stereocenters. The molecule has 7 aromatic rings. The van der Waals surface area contributed by atoms with Crippen molar-refractivity contribution in [2.75, 3.05) is 87.6 Å². The molecule has 480 valence electrons. The summed E-state index contributed by atoms with van der Waals surface area (Å²) in [5, 5.41) is 19.5. The highest BCUT2D eigenvalue weighted by atomic mass is 32.1. The monoisotopic (exact) mass is 1280 g/mol. The number of imide groups is 1. The van der Waals surface area contributed by atoms with Crippen LogP contribution in [0.15, 0.2) is 89.1 Å². The standard InChI is InChI=1S/C65H76N11O13PS/c1-10-84-63(81)73(32-15-13-14-16-36-88-90(89-37-30-66)76(41(4)5)42(6)7)61(80)57-40-50-48-29-34-72(53(48)25-27-55(50)75(57)65(83)86-12-3)60(79)56-39-49-47-28-33-71(52(47)24-26-54(49)74(56)64(82)85-11-2)59(78)44-18-23-51-58(38-44)91-62(67-51)69-68-45-19-21-46(22-20-45)70(9)31-17-35-87-43(8)77/h18-27,38-42H,10-17,28-29,31-37H2,1-9H3. The molecular weight excluding hydrogens is 1210 g/mol. The van der Waals surface area contributed by atoms with E-state index in [1.165, 1.54) is 22.8 Å². The second kappa shape index (κ2) is 30.4. The number of nitrogens with zero attached hydrogens (tertiary/aromatic N) is 11. The molecule has 4 aromatic carbocycles. The number of anilines is 3. The highest BCUT2D eigenvalue weighted by Gasteiger charge is 2.37. The van der Waals surface area contributed by atoms with Gasteiger partial charge >= 0.3 is 24.2 Å². The highest BCUT2D eigenvalue weighted by Crippen LogP contribution is 2.46. The normalized spacial score (nSPS) is 13.2. The SMILES string of the molecule is CCOC(=O)N(CCCCCCOP(OCC#N)N(C(C)C)C(C)C)C(=O)c1cc2c3c(ccc2n1C(=O)OCC)N(C(=O)c1cc2c4c(ccc2n1C(=O)OCC)N(C(=O)c1ccc2nc(N=Nc5ccc(N(C)CCCOC(C)=O)cc5)sc2c1)CC4)CC3. The van der Waals surface area contributed by atoms with Gasteiger partial charge in [-0.05, 0) is 171 Å².